The Morgan fingerprint density at radius 1 is 1.14 bits per heavy atom. The molecule has 0 unspecified atom stereocenters. The fraction of sp³-hybridized carbons (Fsp3) is 0.0909. The predicted molar refractivity (Wildman–Crippen MR) is 61.6 cm³/mol. The highest BCUT2D eigenvalue weighted by molar-refractivity contribution is 6.42. The zero-order valence-electron chi connectivity index (χ0n) is 7.43. The molecule has 0 bridgehead atoms. The number of allylic oxidation sites excluding steroid dienone is 2. The molecule has 3 heteroatoms. The number of dihydropyridines is 1. The summed E-state index contributed by atoms with van der Waals surface area (Å²) >= 11 is 11.8. The first-order valence-corrected chi connectivity index (χ1v) is 5.08. The van der Waals surface area contributed by atoms with Crippen molar-refractivity contribution in [3.63, 3.8) is 0 Å². The fourth-order valence-electron chi connectivity index (χ4n) is 1.34. The summed E-state index contributed by atoms with van der Waals surface area (Å²) < 4.78 is 0. The molecule has 0 radical (unpaired) electrons. The topological polar surface area (TPSA) is 12.0 Å². The van der Waals surface area contributed by atoms with E-state index in [4.69, 9.17) is 23.2 Å². The second-order valence-corrected chi connectivity index (χ2v) is 3.84. The van der Waals surface area contributed by atoms with Gasteiger partial charge in [-0.25, -0.2) is 0 Å². The van der Waals surface area contributed by atoms with E-state index in [-0.39, 0.29) is 0 Å². The molecule has 1 aliphatic heterocycles. The number of benzene rings is 1. The van der Waals surface area contributed by atoms with Gasteiger partial charge in [0.2, 0.25) is 0 Å². The van der Waals surface area contributed by atoms with Crippen LogP contribution in [0.4, 0.5) is 0 Å². The number of rotatable bonds is 1. The van der Waals surface area contributed by atoms with Crippen molar-refractivity contribution in [2.45, 2.75) is 0 Å². The Balaban J connectivity index is 2.37. The van der Waals surface area contributed by atoms with Crippen LogP contribution in [0, 0.1) is 0 Å². The van der Waals surface area contributed by atoms with Gasteiger partial charge in [0.1, 0.15) is 0 Å². The second-order valence-electron chi connectivity index (χ2n) is 3.03. The minimum absolute atomic E-state index is 0.592. The average molecular weight is 226 g/mol. The van der Waals surface area contributed by atoms with Gasteiger partial charge in [0.05, 0.1) is 10.0 Å². The molecule has 1 aliphatic rings. The molecule has 0 fully saturated rings. The number of hydrogen-bond acceptors (Lipinski definition) is 1. The standard InChI is InChI=1S/C11H9Cl2N/c12-10-2-1-9(7-11(10)13)8-3-5-14-6-4-8/h1-5,7,14H,6H2. The summed E-state index contributed by atoms with van der Waals surface area (Å²) in [5.41, 5.74) is 2.26. The molecular formula is C11H9Cl2N. The van der Waals surface area contributed by atoms with Crippen molar-refractivity contribution < 1.29 is 0 Å². The summed E-state index contributed by atoms with van der Waals surface area (Å²) in [6.45, 7) is 0.853. The van der Waals surface area contributed by atoms with Crippen LogP contribution in [0.3, 0.4) is 0 Å². The lowest BCUT2D eigenvalue weighted by atomic mass is 10.0. The molecule has 72 valence electrons. The van der Waals surface area contributed by atoms with Crippen LogP contribution in [0.2, 0.25) is 10.0 Å². The lowest BCUT2D eigenvalue weighted by molar-refractivity contribution is 0.976. The minimum Gasteiger partial charge on any atom is -0.387 e. The third-order valence-electron chi connectivity index (χ3n) is 2.07. The lowest BCUT2D eigenvalue weighted by Gasteiger charge is -2.09. The highest BCUT2D eigenvalue weighted by Gasteiger charge is 2.03. The van der Waals surface area contributed by atoms with Gasteiger partial charge in [0, 0.05) is 6.54 Å². The molecule has 0 atom stereocenters. The van der Waals surface area contributed by atoms with Gasteiger partial charge in [-0.05, 0) is 35.5 Å². The molecule has 1 heterocycles. The Hall–Kier alpha value is -0.920. The molecule has 0 saturated carbocycles. The summed E-state index contributed by atoms with van der Waals surface area (Å²) in [7, 11) is 0. The maximum atomic E-state index is 5.93. The van der Waals surface area contributed by atoms with Crippen molar-refractivity contribution in [2.24, 2.45) is 0 Å². The smallest absolute Gasteiger partial charge is 0.0598 e. The lowest BCUT2D eigenvalue weighted by Crippen LogP contribution is -2.08. The zero-order valence-corrected chi connectivity index (χ0v) is 8.94. The summed E-state index contributed by atoms with van der Waals surface area (Å²) in [4.78, 5) is 0. The second kappa shape index (κ2) is 4.07. The van der Waals surface area contributed by atoms with Crippen LogP contribution in [0.1, 0.15) is 5.56 Å². The first-order chi connectivity index (χ1) is 6.77. The van der Waals surface area contributed by atoms with E-state index in [0.717, 1.165) is 12.1 Å². The van der Waals surface area contributed by atoms with Crippen LogP contribution >= 0.6 is 23.2 Å². The molecule has 1 N–H and O–H groups in total. The van der Waals surface area contributed by atoms with E-state index >= 15 is 0 Å². The molecule has 1 nitrogen and oxygen atoms in total. The molecule has 0 saturated heterocycles. The first kappa shape index (κ1) is 9.63. The molecule has 0 spiro atoms. The third kappa shape index (κ3) is 1.94. The van der Waals surface area contributed by atoms with Crippen LogP contribution in [0.25, 0.3) is 5.57 Å². The van der Waals surface area contributed by atoms with Gasteiger partial charge in [-0.1, -0.05) is 35.3 Å². The van der Waals surface area contributed by atoms with Crippen LogP contribution < -0.4 is 5.32 Å². The van der Waals surface area contributed by atoms with Gasteiger partial charge in [-0.15, -0.1) is 0 Å². The van der Waals surface area contributed by atoms with E-state index in [9.17, 15) is 0 Å². The van der Waals surface area contributed by atoms with Crippen molar-refractivity contribution in [1.29, 1.82) is 0 Å². The van der Waals surface area contributed by atoms with E-state index in [0.29, 0.717) is 10.0 Å². The van der Waals surface area contributed by atoms with Crippen LogP contribution in [-0.2, 0) is 0 Å². The van der Waals surface area contributed by atoms with Crippen molar-refractivity contribution in [1.82, 2.24) is 5.32 Å². The maximum absolute atomic E-state index is 5.93. The Bertz CT molecular complexity index is 408. The van der Waals surface area contributed by atoms with Gasteiger partial charge in [0.15, 0.2) is 0 Å². The molecule has 0 aliphatic carbocycles. The molecule has 2 rings (SSSR count). The molecule has 1 aromatic carbocycles. The van der Waals surface area contributed by atoms with E-state index in [2.05, 4.69) is 11.4 Å². The van der Waals surface area contributed by atoms with Crippen molar-refractivity contribution in [2.75, 3.05) is 6.54 Å². The molecule has 1 aromatic rings. The van der Waals surface area contributed by atoms with Crippen molar-refractivity contribution >= 4 is 28.8 Å². The summed E-state index contributed by atoms with van der Waals surface area (Å²) in [5.74, 6) is 0. The number of nitrogens with one attached hydrogen (secondary N) is 1. The Labute approximate surface area is 93.0 Å². The van der Waals surface area contributed by atoms with Crippen molar-refractivity contribution in [3.8, 4) is 0 Å². The van der Waals surface area contributed by atoms with E-state index < -0.39 is 0 Å². The van der Waals surface area contributed by atoms with Gasteiger partial charge >= 0.3 is 0 Å². The molecular weight excluding hydrogens is 217 g/mol. The minimum atomic E-state index is 0.592. The van der Waals surface area contributed by atoms with Gasteiger partial charge < -0.3 is 5.32 Å². The van der Waals surface area contributed by atoms with Crippen molar-refractivity contribution in [3.05, 3.63) is 52.2 Å². The summed E-state index contributed by atoms with van der Waals surface area (Å²) in [6, 6.07) is 5.66. The SMILES string of the molecule is Clc1ccc(C2=CCNC=C2)cc1Cl. The third-order valence-corrected chi connectivity index (χ3v) is 2.81. The normalized spacial score (nSPS) is 14.9. The Morgan fingerprint density at radius 3 is 2.64 bits per heavy atom. The number of halogens is 2. The predicted octanol–water partition coefficient (Wildman–Crippen LogP) is 3.49. The van der Waals surface area contributed by atoms with Crippen LogP contribution in [0.5, 0.6) is 0 Å². The number of hydrogen-bond donors (Lipinski definition) is 1. The Kier molecular flexibility index (Phi) is 2.80. The zero-order chi connectivity index (χ0) is 9.97. The summed E-state index contributed by atoms with van der Waals surface area (Å²) in [5, 5.41) is 4.28. The Morgan fingerprint density at radius 2 is 2.00 bits per heavy atom. The quantitative estimate of drug-likeness (QED) is 0.772. The van der Waals surface area contributed by atoms with E-state index in [1.165, 1.54) is 5.57 Å². The first-order valence-electron chi connectivity index (χ1n) is 4.33. The van der Waals surface area contributed by atoms with E-state index in [1.54, 1.807) is 0 Å². The van der Waals surface area contributed by atoms with Gasteiger partial charge in [0.25, 0.3) is 0 Å². The molecule has 0 amide bonds. The van der Waals surface area contributed by atoms with Crippen LogP contribution in [0.15, 0.2) is 36.6 Å². The highest BCUT2D eigenvalue weighted by Crippen LogP contribution is 2.26. The maximum Gasteiger partial charge on any atom is 0.0598 e. The van der Waals surface area contributed by atoms with Gasteiger partial charge in [-0.3, -0.25) is 0 Å². The fourth-order valence-corrected chi connectivity index (χ4v) is 1.64. The van der Waals surface area contributed by atoms with Crippen LogP contribution in [-0.4, -0.2) is 6.54 Å². The average Bonchev–Trinajstić information content (AvgIpc) is 2.23. The molecule has 0 aromatic heterocycles. The van der Waals surface area contributed by atoms with E-state index in [1.807, 2.05) is 30.5 Å². The monoisotopic (exact) mass is 225 g/mol. The highest BCUT2D eigenvalue weighted by atomic mass is 35.5. The molecule has 14 heavy (non-hydrogen) atoms. The van der Waals surface area contributed by atoms with Gasteiger partial charge in [-0.2, -0.15) is 0 Å². The summed E-state index contributed by atoms with van der Waals surface area (Å²) in [6.07, 6.45) is 6.06. The largest absolute Gasteiger partial charge is 0.387 e.